The van der Waals surface area contributed by atoms with E-state index in [-0.39, 0.29) is 11.7 Å². The number of aromatic nitrogens is 4. The maximum Gasteiger partial charge on any atom is 0.291 e. The zero-order chi connectivity index (χ0) is 29.9. The summed E-state index contributed by atoms with van der Waals surface area (Å²) in [4.78, 5) is 41.4. The van der Waals surface area contributed by atoms with Crippen LogP contribution in [-0.4, -0.2) is 76.1 Å². The number of hydrogen-bond donors (Lipinski definition) is 2. The van der Waals surface area contributed by atoms with Crippen LogP contribution in [0.3, 0.4) is 0 Å². The fourth-order valence-electron chi connectivity index (χ4n) is 5.69. The Morgan fingerprint density at radius 3 is 2.53 bits per heavy atom. The summed E-state index contributed by atoms with van der Waals surface area (Å²) in [5, 5.41) is 10.7. The molecule has 2 aliphatic heterocycles. The Kier molecular flexibility index (Phi) is 8.60. The summed E-state index contributed by atoms with van der Waals surface area (Å²) in [5.41, 5.74) is 5.01. The van der Waals surface area contributed by atoms with E-state index in [0.29, 0.717) is 40.7 Å². The number of pyridine rings is 1. The van der Waals surface area contributed by atoms with Crippen molar-refractivity contribution in [3.8, 4) is 0 Å². The molecule has 1 atom stereocenters. The molecule has 1 unspecified atom stereocenters. The minimum atomic E-state index is -0.699. The predicted molar refractivity (Wildman–Crippen MR) is 167 cm³/mol. The summed E-state index contributed by atoms with van der Waals surface area (Å²) >= 11 is 12.5. The van der Waals surface area contributed by atoms with Crippen molar-refractivity contribution >= 4 is 46.4 Å². The van der Waals surface area contributed by atoms with Gasteiger partial charge in [-0.25, -0.2) is 4.98 Å². The van der Waals surface area contributed by atoms with Gasteiger partial charge >= 0.3 is 0 Å². The van der Waals surface area contributed by atoms with Gasteiger partial charge in [-0.2, -0.15) is 0 Å². The van der Waals surface area contributed by atoms with Crippen LogP contribution in [0.25, 0.3) is 0 Å². The van der Waals surface area contributed by atoms with Crippen molar-refractivity contribution in [2.75, 3.05) is 43.0 Å². The maximum absolute atomic E-state index is 13.5. The van der Waals surface area contributed by atoms with E-state index in [1.807, 2.05) is 24.5 Å². The number of halogens is 2. The fraction of sp³-hybridized carbons (Fsp3) is 0.323. The van der Waals surface area contributed by atoms with Gasteiger partial charge in [0.05, 0.1) is 0 Å². The first-order chi connectivity index (χ1) is 20.9. The quantitative estimate of drug-likeness (QED) is 0.320. The molecule has 4 aromatic rings. The van der Waals surface area contributed by atoms with Crippen molar-refractivity contribution in [3.05, 3.63) is 99.3 Å². The monoisotopic (exact) mass is 618 g/mol. The van der Waals surface area contributed by atoms with E-state index < -0.39 is 11.9 Å². The average molecular weight is 620 g/mol. The maximum atomic E-state index is 13.5. The molecule has 0 radical (unpaired) electrons. The minimum absolute atomic E-state index is 0.0401. The first-order valence-corrected chi connectivity index (χ1v) is 15.0. The molecule has 2 amide bonds. The molecule has 10 nitrogen and oxygen atoms in total. The molecule has 6 rings (SSSR count). The van der Waals surface area contributed by atoms with E-state index in [2.05, 4.69) is 53.5 Å². The average Bonchev–Trinajstić information content (AvgIpc) is 3.46. The molecule has 1 saturated heterocycles. The number of fused-ring (bicyclic) bond motifs is 1. The zero-order valence-corrected chi connectivity index (χ0v) is 25.3. The first-order valence-electron chi connectivity index (χ1n) is 14.3. The molecule has 43 heavy (non-hydrogen) atoms. The molecule has 2 aromatic heterocycles. The highest BCUT2D eigenvalue weighted by Gasteiger charge is 2.31. The summed E-state index contributed by atoms with van der Waals surface area (Å²) < 4.78 is 0. The number of likely N-dealkylation sites (N-methyl/N-ethyl adjacent to an activating group) is 1. The van der Waals surface area contributed by atoms with Gasteiger partial charge in [0.25, 0.3) is 5.91 Å². The Balaban J connectivity index is 1.07. The number of benzene rings is 2. The Bertz CT molecular complexity index is 1600. The number of nitrogens with one attached hydrogen (secondary N) is 2. The van der Waals surface area contributed by atoms with Crippen LogP contribution in [0.15, 0.2) is 60.9 Å². The molecule has 0 saturated carbocycles. The molecule has 0 spiro atoms. The summed E-state index contributed by atoms with van der Waals surface area (Å²) in [6, 6.07) is 15.0. The van der Waals surface area contributed by atoms with Gasteiger partial charge < -0.3 is 15.1 Å². The summed E-state index contributed by atoms with van der Waals surface area (Å²) in [6.07, 6.45) is 5.09. The zero-order valence-electron chi connectivity index (χ0n) is 23.8. The number of nitrogens with zero attached hydrogens (tertiary/aromatic N) is 6. The second-order valence-corrected chi connectivity index (χ2v) is 11.7. The van der Waals surface area contributed by atoms with Gasteiger partial charge in [-0.05, 0) is 59.9 Å². The van der Waals surface area contributed by atoms with Crippen LogP contribution < -0.4 is 15.1 Å². The molecule has 1 fully saturated rings. The Labute approximate surface area is 260 Å². The van der Waals surface area contributed by atoms with Crippen molar-refractivity contribution in [1.82, 2.24) is 30.4 Å². The highest BCUT2D eigenvalue weighted by molar-refractivity contribution is 6.36. The van der Waals surface area contributed by atoms with Crippen LogP contribution in [0.1, 0.15) is 39.6 Å². The van der Waals surface area contributed by atoms with Crippen LogP contribution in [0, 0.1) is 0 Å². The third kappa shape index (κ3) is 6.51. The number of H-pyrrole nitrogens is 1. The number of aryl methyl sites for hydroxylation is 1. The normalized spacial score (nSPS) is 17.5. The fourth-order valence-corrected chi connectivity index (χ4v) is 6.22. The number of carbonyl (C=O) groups excluding carboxylic acids is 2. The van der Waals surface area contributed by atoms with Gasteiger partial charge in [0, 0.05) is 80.0 Å². The van der Waals surface area contributed by atoms with Crippen LogP contribution >= 0.6 is 23.2 Å². The summed E-state index contributed by atoms with van der Waals surface area (Å²) in [6.45, 7) is 4.63. The molecule has 12 heteroatoms. The van der Waals surface area contributed by atoms with E-state index in [1.54, 1.807) is 30.1 Å². The number of piperazine rings is 1. The number of aromatic amines is 1. The SMILES string of the molecule is CN1C(=O)C(NC(=O)c2n[nH]c(Cc3c(Cl)cccc3Cl)n2)CCc2ccc(CN3CCN(c4ccncc4)CC3)cc21. The molecule has 0 aliphatic carbocycles. The van der Waals surface area contributed by atoms with Gasteiger partial charge in [0.1, 0.15) is 11.9 Å². The van der Waals surface area contributed by atoms with Crippen molar-refractivity contribution in [3.63, 3.8) is 0 Å². The number of anilines is 2. The largest absolute Gasteiger partial charge is 0.369 e. The third-order valence-corrected chi connectivity index (χ3v) is 8.80. The van der Waals surface area contributed by atoms with Crippen molar-refractivity contribution in [2.45, 2.75) is 31.8 Å². The van der Waals surface area contributed by atoms with Crippen LogP contribution in [-0.2, 0) is 24.2 Å². The van der Waals surface area contributed by atoms with Crippen LogP contribution in [0.5, 0.6) is 0 Å². The van der Waals surface area contributed by atoms with Crippen molar-refractivity contribution < 1.29 is 9.59 Å². The van der Waals surface area contributed by atoms with E-state index in [1.165, 1.54) is 5.69 Å². The minimum Gasteiger partial charge on any atom is -0.369 e. The second kappa shape index (κ2) is 12.7. The molecule has 222 valence electrons. The molecule has 4 heterocycles. The lowest BCUT2D eigenvalue weighted by molar-refractivity contribution is -0.120. The predicted octanol–water partition coefficient (Wildman–Crippen LogP) is 4.13. The van der Waals surface area contributed by atoms with Gasteiger partial charge in [-0.15, -0.1) is 5.10 Å². The molecule has 2 aliphatic rings. The lowest BCUT2D eigenvalue weighted by Crippen LogP contribution is -2.47. The van der Waals surface area contributed by atoms with E-state index in [4.69, 9.17) is 23.2 Å². The standard InChI is InChI=1S/C31H32Cl2N8O2/c1-39-27-17-20(19-40-13-15-41(16-14-40)22-9-11-34-12-10-22)5-6-21(27)7-8-26(31(39)43)35-30(42)29-36-28(37-38-29)18-23-24(32)3-2-4-25(23)33/h2-6,9-12,17,26H,7-8,13-16,18-19H2,1H3,(H,35,42)(H,36,37,38). The number of hydrogen-bond acceptors (Lipinski definition) is 7. The molecular formula is C31H32Cl2N8O2. The summed E-state index contributed by atoms with van der Waals surface area (Å²) in [7, 11) is 1.77. The highest BCUT2D eigenvalue weighted by Crippen LogP contribution is 2.29. The third-order valence-electron chi connectivity index (χ3n) is 8.09. The van der Waals surface area contributed by atoms with Crippen LogP contribution in [0.2, 0.25) is 10.0 Å². The molecule has 2 aromatic carbocycles. The number of carbonyl (C=O) groups is 2. The second-order valence-electron chi connectivity index (χ2n) is 10.9. The first kappa shape index (κ1) is 29.1. The van der Waals surface area contributed by atoms with Crippen molar-refractivity contribution in [1.29, 1.82) is 0 Å². The van der Waals surface area contributed by atoms with Gasteiger partial charge in [0.15, 0.2) is 0 Å². The Hall–Kier alpha value is -3.99. The lowest BCUT2D eigenvalue weighted by Gasteiger charge is -2.36. The van der Waals surface area contributed by atoms with Gasteiger partial charge in [0.2, 0.25) is 11.7 Å². The Morgan fingerprint density at radius 2 is 1.79 bits per heavy atom. The number of rotatable bonds is 7. The molecular weight excluding hydrogens is 587 g/mol. The van der Waals surface area contributed by atoms with E-state index in [0.717, 1.165) is 49.5 Å². The topological polar surface area (TPSA) is 110 Å². The molecule has 2 N–H and O–H groups in total. The van der Waals surface area contributed by atoms with E-state index in [9.17, 15) is 9.59 Å². The number of amides is 2. The van der Waals surface area contributed by atoms with E-state index >= 15 is 0 Å². The van der Waals surface area contributed by atoms with Crippen molar-refractivity contribution in [2.24, 2.45) is 0 Å². The highest BCUT2D eigenvalue weighted by atomic mass is 35.5. The molecule has 0 bridgehead atoms. The van der Waals surface area contributed by atoms with Gasteiger partial charge in [-0.1, -0.05) is 41.4 Å². The Morgan fingerprint density at radius 1 is 1.05 bits per heavy atom. The lowest BCUT2D eigenvalue weighted by atomic mass is 10.0. The smallest absolute Gasteiger partial charge is 0.291 e. The van der Waals surface area contributed by atoms with Gasteiger partial charge in [-0.3, -0.25) is 24.6 Å². The van der Waals surface area contributed by atoms with Crippen LogP contribution in [0.4, 0.5) is 11.4 Å². The summed E-state index contributed by atoms with van der Waals surface area (Å²) in [5.74, 6) is -0.282.